The first-order valence-electron chi connectivity index (χ1n) is 8.08. The Labute approximate surface area is 150 Å². The predicted molar refractivity (Wildman–Crippen MR) is 97.0 cm³/mol. The van der Waals surface area contributed by atoms with Crippen molar-refractivity contribution < 1.29 is 23.8 Å². The number of esters is 1. The van der Waals surface area contributed by atoms with Crippen molar-refractivity contribution in [1.82, 2.24) is 4.57 Å². The average molecular weight is 353 g/mol. The molecular formula is C20H19NO5. The van der Waals surface area contributed by atoms with Crippen LogP contribution in [0.3, 0.4) is 0 Å². The smallest absolute Gasteiger partial charge is 0.340 e. The summed E-state index contributed by atoms with van der Waals surface area (Å²) in [7, 11) is 2.89. The molecule has 3 rings (SSSR count). The number of fused-ring (bicyclic) bond motifs is 1. The van der Waals surface area contributed by atoms with E-state index in [9.17, 15) is 9.59 Å². The fourth-order valence-electron chi connectivity index (χ4n) is 2.74. The SMILES string of the molecule is COC(=O)c1cn(C(=O)[C@H](C)Oc2ccc(OC)cc2)c2ccccc12. The zero-order chi connectivity index (χ0) is 18.7. The second-order valence-corrected chi connectivity index (χ2v) is 5.70. The van der Waals surface area contributed by atoms with Gasteiger partial charge in [0.1, 0.15) is 11.5 Å². The summed E-state index contributed by atoms with van der Waals surface area (Å²) in [6, 6.07) is 14.1. The van der Waals surface area contributed by atoms with E-state index < -0.39 is 12.1 Å². The van der Waals surface area contributed by atoms with E-state index in [0.29, 0.717) is 28.0 Å². The van der Waals surface area contributed by atoms with Gasteiger partial charge in [-0.05, 0) is 37.3 Å². The van der Waals surface area contributed by atoms with E-state index in [0.717, 1.165) is 0 Å². The summed E-state index contributed by atoms with van der Waals surface area (Å²) in [5, 5.41) is 0.657. The van der Waals surface area contributed by atoms with Gasteiger partial charge >= 0.3 is 5.97 Å². The van der Waals surface area contributed by atoms with Gasteiger partial charge in [0.2, 0.25) is 0 Å². The van der Waals surface area contributed by atoms with Crippen molar-refractivity contribution in [3.05, 3.63) is 60.3 Å². The van der Waals surface area contributed by atoms with Crippen molar-refractivity contribution in [2.45, 2.75) is 13.0 Å². The van der Waals surface area contributed by atoms with Crippen molar-refractivity contribution >= 4 is 22.8 Å². The predicted octanol–water partition coefficient (Wildman–Crippen LogP) is 3.54. The number of carbonyl (C=O) groups is 2. The maximum absolute atomic E-state index is 12.9. The molecule has 3 aromatic rings. The molecule has 1 atom stereocenters. The van der Waals surface area contributed by atoms with Crippen molar-refractivity contribution in [2.75, 3.05) is 14.2 Å². The molecule has 0 radical (unpaired) electrons. The summed E-state index contributed by atoms with van der Waals surface area (Å²) in [5.74, 6) is 0.482. The number of ether oxygens (including phenoxy) is 3. The highest BCUT2D eigenvalue weighted by Gasteiger charge is 2.23. The first kappa shape index (κ1) is 17.5. The number of benzene rings is 2. The molecule has 26 heavy (non-hydrogen) atoms. The third-order valence-corrected chi connectivity index (χ3v) is 4.07. The molecule has 0 saturated heterocycles. The lowest BCUT2D eigenvalue weighted by Gasteiger charge is -2.15. The van der Waals surface area contributed by atoms with Gasteiger partial charge in [-0.3, -0.25) is 9.36 Å². The zero-order valence-corrected chi connectivity index (χ0v) is 14.8. The van der Waals surface area contributed by atoms with Gasteiger partial charge < -0.3 is 14.2 Å². The van der Waals surface area contributed by atoms with Crippen LogP contribution < -0.4 is 9.47 Å². The third-order valence-electron chi connectivity index (χ3n) is 4.07. The third kappa shape index (κ3) is 3.26. The molecule has 6 heteroatoms. The number of methoxy groups -OCH3 is 2. The molecule has 0 spiro atoms. The monoisotopic (exact) mass is 353 g/mol. The summed E-state index contributed by atoms with van der Waals surface area (Å²) >= 11 is 0. The minimum atomic E-state index is -0.746. The van der Waals surface area contributed by atoms with Crippen molar-refractivity contribution in [3.8, 4) is 11.5 Å². The van der Waals surface area contributed by atoms with E-state index >= 15 is 0 Å². The highest BCUT2D eigenvalue weighted by atomic mass is 16.5. The maximum Gasteiger partial charge on any atom is 0.340 e. The van der Waals surface area contributed by atoms with Crippen LogP contribution in [-0.2, 0) is 4.74 Å². The number of carbonyl (C=O) groups excluding carboxylic acids is 2. The molecule has 0 aliphatic rings. The van der Waals surface area contributed by atoms with E-state index in [1.807, 2.05) is 6.07 Å². The van der Waals surface area contributed by atoms with Crippen LogP contribution in [0.1, 0.15) is 22.1 Å². The van der Waals surface area contributed by atoms with Gasteiger partial charge in [0.05, 0.1) is 25.3 Å². The summed E-state index contributed by atoms with van der Waals surface area (Å²) < 4.78 is 17.1. The molecule has 0 amide bonds. The Kier molecular flexibility index (Phi) is 4.93. The van der Waals surface area contributed by atoms with Gasteiger partial charge in [-0.15, -0.1) is 0 Å². The molecule has 134 valence electrons. The Balaban J connectivity index is 1.90. The van der Waals surface area contributed by atoms with Crippen LogP contribution in [0.5, 0.6) is 11.5 Å². The largest absolute Gasteiger partial charge is 0.497 e. The molecule has 0 fully saturated rings. The molecule has 0 N–H and O–H groups in total. The van der Waals surface area contributed by atoms with Crippen LogP contribution in [0.4, 0.5) is 0 Å². The number of rotatable bonds is 5. The lowest BCUT2D eigenvalue weighted by atomic mass is 10.2. The second kappa shape index (κ2) is 7.31. The van der Waals surface area contributed by atoms with Crippen molar-refractivity contribution in [2.24, 2.45) is 0 Å². The lowest BCUT2D eigenvalue weighted by Crippen LogP contribution is -2.28. The molecule has 1 aromatic heterocycles. The normalized spacial score (nSPS) is 11.8. The molecule has 0 aliphatic heterocycles. The number of nitrogens with zero attached hydrogens (tertiary/aromatic N) is 1. The van der Waals surface area contributed by atoms with Crippen molar-refractivity contribution in [1.29, 1.82) is 0 Å². The summed E-state index contributed by atoms with van der Waals surface area (Å²) in [6.07, 6.45) is 0.747. The summed E-state index contributed by atoms with van der Waals surface area (Å²) in [4.78, 5) is 24.9. The van der Waals surface area contributed by atoms with E-state index in [1.54, 1.807) is 56.5 Å². The molecule has 1 heterocycles. The average Bonchev–Trinajstić information content (AvgIpc) is 3.07. The molecule has 0 unspecified atom stereocenters. The Morgan fingerprint density at radius 3 is 2.27 bits per heavy atom. The first-order chi connectivity index (χ1) is 12.5. The van der Waals surface area contributed by atoms with E-state index in [1.165, 1.54) is 17.9 Å². The zero-order valence-electron chi connectivity index (χ0n) is 14.8. The van der Waals surface area contributed by atoms with Crippen LogP contribution in [0.2, 0.25) is 0 Å². The fourth-order valence-corrected chi connectivity index (χ4v) is 2.74. The fraction of sp³-hybridized carbons (Fsp3) is 0.200. The van der Waals surface area contributed by atoms with E-state index in [-0.39, 0.29) is 5.91 Å². The molecule has 6 nitrogen and oxygen atoms in total. The summed E-state index contributed by atoms with van der Waals surface area (Å²) in [6.45, 7) is 1.67. The van der Waals surface area contributed by atoms with Crippen LogP contribution in [0.25, 0.3) is 10.9 Å². The Morgan fingerprint density at radius 2 is 1.62 bits per heavy atom. The minimum Gasteiger partial charge on any atom is -0.497 e. The van der Waals surface area contributed by atoms with E-state index in [2.05, 4.69) is 0 Å². The topological polar surface area (TPSA) is 66.8 Å². The Morgan fingerprint density at radius 1 is 0.962 bits per heavy atom. The summed E-state index contributed by atoms with van der Waals surface area (Å²) in [5.41, 5.74) is 0.969. The maximum atomic E-state index is 12.9. The lowest BCUT2D eigenvalue weighted by molar-refractivity contribution is 0.0602. The van der Waals surface area contributed by atoms with Gasteiger partial charge in [0.25, 0.3) is 5.91 Å². The number of para-hydroxylation sites is 1. The van der Waals surface area contributed by atoms with Crippen LogP contribution in [-0.4, -0.2) is 36.8 Å². The Hall–Kier alpha value is -3.28. The number of hydrogen-bond donors (Lipinski definition) is 0. The van der Waals surface area contributed by atoms with Crippen molar-refractivity contribution in [3.63, 3.8) is 0 Å². The van der Waals surface area contributed by atoms with Crippen LogP contribution in [0, 0.1) is 0 Å². The van der Waals surface area contributed by atoms with Crippen LogP contribution >= 0.6 is 0 Å². The Bertz CT molecular complexity index is 942. The minimum absolute atomic E-state index is 0.285. The van der Waals surface area contributed by atoms with E-state index in [4.69, 9.17) is 14.2 Å². The molecule has 0 aliphatic carbocycles. The molecule has 0 bridgehead atoms. The highest BCUT2D eigenvalue weighted by molar-refractivity contribution is 6.07. The molecule has 0 saturated carbocycles. The molecule has 2 aromatic carbocycles. The first-order valence-corrected chi connectivity index (χ1v) is 8.08. The molecular weight excluding hydrogens is 334 g/mol. The number of aromatic nitrogens is 1. The second-order valence-electron chi connectivity index (χ2n) is 5.70. The number of hydrogen-bond acceptors (Lipinski definition) is 5. The van der Waals surface area contributed by atoms with Crippen LogP contribution in [0.15, 0.2) is 54.7 Å². The standard InChI is InChI=1S/C20H19NO5/c1-13(26-15-10-8-14(24-2)9-11-15)19(22)21-12-17(20(23)25-3)16-6-4-5-7-18(16)21/h4-13H,1-3H3/t13-/m0/s1. The quantitative estimate of drug-likeness (QED) is 0.656. The van der Waals surface area contributed by atoms with Gasteiger partial charge in [0.15, 0.2) is 6.10 Å². The van der Waals surface area contributed by atoms with Gasteiger partial charge in [-0.25, -0.2) is 4.79 Å². The van der Waals surface area contributed by atoms with Gasteiger partial charge in [-0.1, -0.05) is 18.2 Å². The van der Waals surface area contributed by atoms with Gasteiger partial charge in [0, 0.05) is 11.6 Å². The highest BCUT2D eigenvalue weighted by Crippen LogP contribution is 2.24. The van der Waals surface area contributed by atoms with Gasteiger partial charge in [-0.2, -0.15) is 0 Å².